The van der Waals surface area contributed by atoms with Gasteiger partial charge < -0.3 is 15.2 Å². The summed E-state index contributed by atoms with van der Waals surface area (Å²) in [6.07, 6.45) is 1.65. The van der Waals surface area contributed by atoms with Gasteiger partial charge in [-0.1, -0.05) is 13.3 Å². The first-order chi connectivity index (χ1) is 9.02. The van der Waals surface area contributed by atoms with E-state index in [4.69, 9.17) is 15.2 Å². The van der Waals surface area contributed by atoms with E-state index in [2.05, 4.69) is 0 Å². The summed E-state index contributed by atoms with van der Waals surface area (Å²) in [7, 11) is 0. The molecular weight excluding hydrogens is 253 g/mol. The number of halogens is 1. The number of ether oxygens (including phenoxy) is 2. The quantitative estimate of drug-likeness (QED) is 0.485. The Kier molecular flexibility index (Phi) is 5.78. The highest BCUT2D eigenvalue weighted by Crippen LogP contribution is 2.11. The molecule has 0 fully saturated rings. The number of nitrogen functional groups attached to an aromatic ring is 1. The van der Waals surface area contributed by atoms with Crippen LogP contribution in [0.5, 0.6) is 0 Å². The molecule has 0 aliphatic heterocycles. The van der Waals surface area contributed by atoms with Crippen LogP contribution >= 0.6 is 0 Å². The Labute approximate surface area is 110 Å². The minimum atomic E-state index is -0.821. The van der Waals surface area contributed by atoms with Crippen molar-refractivity contribution >= 4 is 17.6 Å². The van der Waals surface area contributed by atoms with Crippen molar-refractivity contribution in [3.8, 4) is 0 Å². The highest BCUT2D eigenvalue weighted by atomic mass is 19.1. The highest BCUT2D eigenvalue weighted by Gasteiger charge is 2.12. The first-order valence-electron chi connectivity index (χ1n) is 5.91. The van der Waals surface area contributed by atoms with Gasteiger partial charge >= 0.3 is 11.9 Å². The Morgan fingerprint density at radius 3 is 2.63 bits per heavy atom. The number of benzene rings is 1. The number of unbranched alkanes of at least 4 members (excludes halogenated alkanes) is 1. The van der Waals surface area contributed by atoms with Gasteiger partial charge in [-0.05, 0) is 24.6 Å². The third kappa shape index (κ3) is 5.37. The number of hydrogen-bond donors (Lipinski definition) is 1. The van der Waals surface area contributed by atoms with Gasteiger partial charge in [0.2, 0.25) is 0 Å². The van der Waals surface area contributed by atoms with Crippen LogP contribution in [-0.2, 0) is 14.3 Å². The number of esters is 2. The van der Waals surface area contributed by atoms with Gasteiger partial charge in [0.15, 0.2) is 6.61 Å². The number of hydrogen-bond acceptors (Lipinski definition) is 5. The summed E-state index contributed by atoms with van der Waals surface area (Å²) in [5.41, 5.74) is 5.46. The number of carbonyl (C=O) groups excluding carboxylic acids is 2. The molecule has 104 valence electrons. The second-order valence-corrected chi connectivity index (χ2v) is 3.92. The van der Waals surface area contributed by atoms with Crippen LogP contribution in [-0.4, -0.2) is 25.2 Å². The van der Waals surface area contributed by atoms with Crippen molar-refractivity contribution in [3.63, 3.8) is 0 Å². The Bertz CT molecular complexity index is 442. The Morgan fingerprint density at radius 1 is 1.26 bits per heavy atom. The van der Waals surface area contributed by atoms with E-state index in [-0.39, 0.29) is 11.3 Å². The second-order valence-electron chi connectivity index (χ2n) is 3.92. The molecule has 0 heterocycles. The van der Waals surface area contributed by atoms with E-state index >= 15 is 0 Å². The van der Waals surface area contributed by atoms with Gasteiger partial charge in [0, 0.05) is 5.69 Å². The lowest BCUT2D eigenvalue weighted by Gasteiger charge is -2.06. The zero-order valence-corrected chi connectivity index (χ0v) is 10.6. The molecule has 0 radical (unpaired) electrons. The van der Waals surface area contributed by atoms with Crippen LogP contribution < -0.4 is 5.73 Å². The van der Waals surface area contributed by atoms with Crippen LogP contribution in [0.25, 0.3) is 0 Å². The summed E-state index contributed by atoms with van der Waals surface area (Å²) in [4.78, 5) is 22.7. The predicted molar refractivity (Wildman–Crippen MR) is 67.0 cm³/mol. The summed E-state index contributed by atoms with van der Waals surface area (Å²) in [6.45, 7) is 1.75. The summed E-state index contributed by atoms with van der Waals surface area (Å²) in [5.74, 6) is -2.10. The fourth-order valence-electron chi connectivity index (χ4n) is 1.31. The summed E-state index contributed by atoms with van der Waals surface area (Å²) in [6, 6.07) is 3.34. The SMILES string of the molecule is CCCCOC(=O)COC(=O)c1cc(N)cc(F)c1. The molecule has 0 spiro atoms. The number of carbonyl (C=O) groups is 2. The van der Waals surface area contributed by atoms with Gasteiger partial charge in [0.05, 0.1) is 12.2 Å². The average molecular weight is 269 g/mol. The fraction of sp³-hybridized carbons (Fsp3) is 0.385. The normalized spacial score (nSPS) is 10.0. The van der Waals surface area contributed by atoms with Gasteiger partial charge in [-0.2, -0.15) is 0 Å². The minimum absolute atomic E-state index is 0.0427. The van der Waals surface area contributed by atoms with Crippen molar-refractivity contribution in [1.29, 1.82) is 0 Å². The van der Waals surface area contributed by atoms with E-state index in [1.165, 1.54) is 6.07 Å². The molecule has 6 heteroatoms. The molecule has 2 N–H and O–H groups in total. The second kappa shape index (κ2) is 7.35. The standard InChI is InChI=1S/C13H16FNO4/c1-2-3-4-18-12(16)8-19-13(17)9-5-10(14)7-11(15)6-9/h5-7H,2-4,8,15H2,1H3. The zero-order valence-electron chi connectivity index (χ0n) is 10.6. The van der Waals surface area contributed by atoms with Gasteiger partial charge in [-0.25, -0.2) is 14.0 Å². The van der Waals surface area contributed by atoms with Crippen molar-refractivity contribution in [2.45, 2.75) is 19.8 Å². The first-order valence-corrected chi connectivity index (χ1v) is 5.91. The first kappa shape index (κ1) is 14.9. The van der Waals surface area contributed by atoms with Crippen LogP contribution in [0, 0.1) is 5.82 Å². The van der Waals surface area contributed by atoms with E-state index in [1.54, 1.807) is 0 Å². The lowest BCUT2D eigenvalue weighted by atomic mass is 10.2. The van der Waals surface area contributed by atoms with Gasteiger partial charge in [-0.3, -0.25) is 0 Å². The van der Waals surface area contributed by atoms with E-state index in [9.17, 15) is 14.0 Å². The molecule has 0 aliphatic carbocycles. The lowest BCUT2D eigenvalue weighted by molar-refractivity contribution is -0.147. The maximum Gasteiger partial charge on any atom is 0.344 e. The monoisotopic (exact) mass is 269 g/mol. The molecular formula is C13H16FNO4. The molecule has 0 aliphatic rings. The van der Waals surface area contributed by atoms with E-state index in [0.717, 1.165) is 25.0 Å². The molecule has 0 unspecified atom stereocenters. The topological polar surface area (TPSA) is 78.6 Å². The summed E-state index contributed by atoms with van der Waals surface area (Å²) >= 11 is 0. The van der Waals surface area contributed by atoms with Crippen molar-refractivity contribution in [2.24, 2.45) is 0 Å². The molecule has 1 aromatic carbocycles. The molecule has 0 saturated carbocycles. The van der Waals surface area contributed by atoms with Crippen molar-refractivity contribution < 1.29 is 23.5 Å². The largest absolute Gasteiger partial charge is 0.463 e. The third-order valence-electron chi connectivity index (χ3n) is 2.24. The van der Waals surface area contributed by atoms with Crippen molar-refractivity contribution in [3.05, 3.63) is 29.6 Å². The predicted octanol–water partition coefficient (Wildman–Crippen LogP) is 1.91. The molecule has 0 saturated heterocycles. The van der Waals surface area contributed by atoms with Gasteiger partial charge in [0.25, 0.3) is 0 Å². The molecule has 0 bridgehead atoms. The molecule has 1 aromatic rings. The third-order valence-corrected chi connectivity index (χ3v) is 2.24. The maximum atomic E-state index is 13.0. The van der Waals surface area contributed by atoms with Crippen LogP contribution in [0.3, 0.4) is 0 Å². The summed E-state index contributed by atoms with van der Waals surface area (Å²) < 4.78 is 22.5. The average Bonchev–Trinajstić information content (AvgIpc) is 2.35. The Balaban J connectivity index is 2.44. The van der Waals surface area contributed by atoms with Crippen LogP contribution in [0.1, 0.15) is 30.1 Å². The fourth-order valence-corrected chi connectivity index (χ4v) is 1.31. The van der Waals surface area contributed by atoms with Gasteiger partial charge in [0.1, 0.15) is 5.82 Å². The molecule has 19 heavy (non-hydrogen) atoms. The number of nitrogens with two attached hydrogens (primary N) is 1. The van der Waals surface area contributed by atoms with Crippen molar-refractivity contribution in [1.82, 2.24) is 0 Å². The molecule has 0 aromatic heterocycles. The molecule has 1 rings (SSSR count). The number of anilines is 1. The van der Waals surface area contributed by atoms with Crippen LogP contribution in [0.2, 0.25) is 0 Å². The highest BCUT2D eigenvalue weighted by molar-refractivity contribution is 5.91. The minimum Gasteiger partial charge on any atom is -0.463 e. The van der Waals surface area contributed by atoms with Crippen LogP contribution in [0.15, 0.2) is 18.2 Å². The lowest BCUT2D eigenvalue weighted by Crippen LogP contribution is -2.17. The Morgan fingerprint density at radius 2 is 2.00 bits per heavy atom. The summed E-state index contributed by atoms with van der Waals surface area (Å²) in [5, 5.41) is 0. The van der Waals surface area contributed by atoms with Crippen LogP contribution in [0.4, 0.5) is 10.1 Å². The van der Waals surface area contributed by atoms with E-state index < -0.39 is 24.4 Å². The molecule has 0 amide bonds. The molecule has 5 nitrogen and oxygen atoms in total. The maximum absolute atomic E-state index is 13.0. The Hall–Kier alpha value is -2.11. The van der Waals surface area contributed by atoms with E-state index in [1.807, 2.05) is 6.92 Å². The zero-order chi connectivity index (χ0) is 14.3. The molecule has 0 atom stereocenters. The van der Waals surface area contributed by atoms with E-state index in [0.29, 0.717) is 6.61 Å². The number of rotatable bonds is 6. The van der Waals surface area contributed by atoms with Crippen molar-refractivity contribution in [2.75, 3.05) is 18.9 Å². The smallest absolute Gasteiger partial charge is 0.344 e. The van der Waals surface area contributed by atoms with Gasteiger partial charge in [-0.15, -0.1) is 0 Å².